The number of carbonyl (C=O) groups excluding carboxylic acids is 2. The third-order valence-corrected chi connectivity index (χ3v) is 4.12. The predicted octanol–water partition coefficient (Wildman–Crippen LogP) is 2.89. The summed E-state index contributed by atoms with van der Waals surface area (Å²) >= 11 is 0. The third kappa shape index (κ3) is 4.11. The van der Waals surface area contributed by atoms with Crippen molar-refractivity contribution >= 4 is 11.6 Å². The van der Waals surface area contributed by atoms with Crippen molar-refractivity contribution in [1.29, 1.82) is 0 Å². The standard InChI is InChI=1S/C20H22O8/c1-24-11-6-14(22)20(19(7-11)28-5)15(23)9-13(21)12-8-17(26-3)18(27-4)10-16(12)25-2/h6-8,10,22H,9H2,1-5H3. The molecular weight excluding hydrogens is 368 g/mol. The highest BCUT2D eigenvalue weighted by Crippen LogP contribution is 2.37. The molecule has 0 aliphatic carbocycles. The first-order chi connectivity index (χ1) is 13.4. The number of rotatable bonds is 9. The summed E-state index contributed by atoms with van der Waals surface area (Å²) in [6.45, 7) is 0. The average molecular weight is 390 g/mol. The van der Waals surface area contributed by atoms with Crippen LogP contribution in [-0.4, -0.2) is 52.2 Å². The van der Waals surface area contributed by atoms with E-state index in [1.807, 2.05) is 0 Å². The second-order valence-electron chi connectivity index (χ2n) is 5.65. The van der Waals surface area contributed by atoms with Crippen LogP contribution in [0.1, 0.15) is 27.1 Å². The number of aromatic hydroxyl groups is 1. The summed E-state index contributed by atoms with van der Waals surface area (Å²) in [5, 5.41) is 10.2. The zero-order chi connectivity index (χ0) is 20.8. The zero-order valence-corrected chi connectivity index (χ0v) is 16.3. The molecule has 0 saturated carbocycles. The van der Waals surface area contributed by atoms with Crippen LogP contribution < -0.4 is 23.7 Å². The molecule has 0 unspecified atom stereocenters. The summed E-state index contributed by atoms with van der Waals surface area (Å²) in [6.07, 6.45) is -0.512. The van der Waals surface area contributed by atoms with E-state index in [1.165, 1.54) is 59.8 Å². The molecule has 0 aliphatic heterocycles. The Labute approximate surface area is 162 Å². The van der Waals surface area contributed by atoms with Gasteiger partial charge in [0.15, 0.2) is 23.1 Å². The number of Topliss-reactive ketones (excluding diaryl/α,β-unsaturated/α-hetero) is 2. The molecule has 0 heterocycles. The van der Waals surface area contributed by atoms with Gasteiger partial charge in [0, 0.05) is 18.2 Å². The van der Waals surface area contributed by atoms with E-state index in [4.69, 9.17) is 23.7 Å². The van der Waals surface area contributed by atoms with E-state index in [9.17, 15) is 14.7 Å². The molecule has 2 rings (SSSR count). The molecule has 2 aromatic carbocycles. The number of benzene rings is 2. The number of carbonyl (C=O) groups is 2. The monoisotopic (exact) mass is 390 g/mol. The maximum absolute atomic E-state index is 12.8. The van der Waals surface area contributed by atoms with Crippen molar-refractivity contribution in [2.75, 3.05) is 35.5 Å². The highest BCUT2D eigenvalue weighted by Gasteiger charge is 2.25. The lowest BCUT2D eigenvalue weighted by Crippen LogP contribution is -2.12. The van der Waals surface area contributed by atoms with E-state index in [2.05, 4.69) is 0 Å². The Bertz CT molecular complexity index is 888. The van der Waals surface area contributed by atoms with Crippen LogP contribution in [0.4, 0.5) is 0 Å². The zero-order valence-electron chi connectivity index (χ0n) is 16.3. The van der Waals surface area contributed by atoms with Gasteiger partial charge >= 0.3 is 0 Å². The minimum atomic E-state index is -0.612. The Hall–Kier alpha value is -3.42. The Kier molecular flexibility index (Phi) is 6.70. The quantitative estimate of drug-likeness (QED) is 0.515. The Balaban J connectivity index is 2.39. The largest absolute Gasteiger partial charge is 0.507 e. The molecule has 2 aromatic rings. The van der Waals surface area contributed by atoms with Gasteiger partial charge in [-0.3, -0.25) is 9.59 Å². The lowest BCUT2D eigenvalue weighted by molar-refractivity contribution is 0.0889. The van der Waals surface area contributed by atoms with Crippen molar-refractivity contribution in [2.24, 2.45) is 0 Å². The van der Waals surface area contributed by atoms with Gasteiger partial charge in [0.2, 0.25) is 0 Å². The number of methoxy groups -OCH3 is 5. The first-order valence-electron chi connectivity index (χ1n) is 8.21. The van der Waals surface area contributed by atoms with Gasteiger partial charge in [-0.05, 0) is 6.07 Å². The van der Waals surface area contributed by atoms with Gasteiger partial charge in [-0.1, -0.05) is 0 Å². The summed E-state index contributed by atoms with van der Waals surface area (Å²) in [6, 6.07) is 5.67. The highest BCUT2D eigenvalue weighted by atomic mass is 16.5. The molecule has 0 aromatic heterocycles. The minimum Gasteiger partial charge on any atom is -0.507 e. The Morgan fingerprint density at radius 2 is 1.29 bits per heavy atom. The molecule has 0 amide bonds. The van der Waals surface area contributed by atoms with Crippen molar-refractivity contribution < 1.29 is 38.4 Å². The first-order valence-corrected chi connectivity index (χ1v) is 8.21. The summed E-state index contributed by atoms with van der Waals surface area (Å²) < 4.78 is 25.8. The number of ether oxygens (including phenoxy) is 5. The topological polar surface area (TPSA) is 101 Å². The van der Waals surface area contributed by atoms with E-state index in [1.54, 1.807) is 0 Å². The molecule has 1 N–H and O–H groups in total. The van der Waals surface area contributed by atoms with Gasteiger partial charge < -0.3 is 28.8 Å². The van der Waals surface area contributed by atoms with Crippen LogP contribution in [0.5, 0.6) is 34.5 Å². The van der Waals surface area contributed by atoms with Crippen LogP contribution in [-0.2, 0) is 0 Å². The fourth-order valence-electron chi connectivity index (χ4n) is 2.71. The van der Waals surface area contributed by atoms with E-state index >= 15 is 0 Å². The van der Waals surface area contributed by atoms with E-state index in [0.29, 0.717) is 17.2 Å². The van der Waals surface area contributed by atoms with Crippen molar-refractivity contribution in [2.45, 2.75) is 6.42 Å². The van der Waals surface area contributed by atoms with Gasteiger partial charge in [-0.2, -0.15) is 0 Å². The molecular formula is C20H22O8. The highest BCUT2D eigenvalue weighted by molar-refractivity contribution is 6.16. The van der Waals surface area contributed by atoms with Crippen molar-refractivity contribution in [3.8, 4) is 34.5 Å². The summed E-state index contributed by atoms with van der Waals surface area (Å²) in [5.41, 5.74) is 0.0524. The predicted molar refractivity (Wildman–Crippen MR) is 101 cm³/mol. The SMILES string of the molecule is COc1cc(O)c(C(=O)CC(=O)c2cc(OC)c(OC)cc2OC)c(OC)c1. The molecule has 0 fully saturated rings. The van der Waals surface area contributed by atoms with E-state index < -0.39 is 18.0 Å². The van der Waals surface area contributed by atoms with Crippen LogP contribution in [0.15, 0.2) is 24.3 Å². The van der Waals surface area contributed by atoms with Crippen LogP contribution in [0, 0.1) is 0 Å². The summed E-state index contributed by atoms with van der Waals surface area (Å²) in [4.78, 5) is 25.5. The molecule has 0 aliphatic rings. The van der Waals surface area contributed by atoms with Gasteiger partial charge in [-0.25, -0.2) is 0 Å². The normalized spacial score (nSPS) is 10.2. The molecule has 0 radical (unpaired) electrons. The van der Waals surface area contributed by atoms with Crippen LogP contribution >= 0.6 is 0 Å². The van der Waals surface area contributed by atoms with Crippen molar-refractivity contribution in [1.82, 2.24) is 0 Å². The first kappa shape index (κ1) is 20.9. The average Bonchev–Trinajstić information content (AvgIpc) is 2.71. The lowest BCUT2D eigenvalue weighted by Gasteiger charge is -2.14. The Morgan fingerprint density at radius 1 is 0.714 bits per heavy atom. The maximum Gasteiger partial charge on any atom is 0.178 e. The summed E-state index contributed by atoms with van der Waals surface area (Å²) in [5.74, 6) is -0.0954. The smallest absolute Gasteiger partial charge is 0.178 e. The molecule has 8 heteroatoms. The molecule has 0 saturated heterocycles. The fourth-order valence-corrected chi connectivity index (χ4v) is 2.71. The number of ketones is 2. The second kappa shape index (κ2) is 8.98. The maximum atomic E-state index is 12.8. The minimum absolute atomic E-state index is 0.101. The second-order valence-corrected chi connectivity index (χ2v) is 5.65. The van der Waals surface area contributed by atoms with Crippen LogP contribution in [0.3, 0.4) is 0 Å². The number of phenolic OH excluding ortho intramolecular Hbond substituents is 1. The van der Waals surface area contributed by atoms with Crippen molar-refractivity contribution in [3.63, 3.8) is 0 Å². The van der Waals surface area contributed by atoms with Gasteiger partial charge in [0.1, 0.15) is 28.6 Å². The van der Waals surface area contributed by atoms with Crippen LogP contribution in [0.25, 0.3) is 0 Å². The third-order valence-electron chi connectivity index (χ3n) is 4.12. The molecule has 0 spiro atoms. The van der Waals surface area contributed by atoms with E-state index in [0.717, 1.165) is 0 Å². The molecule has 8 nitrogen and oxygen atoms in total. The molecule has 150 valence electrons. The van der Waals surface area contributed by atoms with Crippen molar-refractivity contribution in [3.05, 3.63) is 35.4 Å². The number of phenols is 1. The van der Waals surface area contributed by atoms with Gasteiger partial charge in [0.05, 0.1) is 47.5 Å². The van der Waals surface area contributed by atoms with Crippen LogP contribution in [0.2, 0.25) is 0 Å². The number of hydrogen-bond donors (Lipinski definition) is 1. The lowest BCUT2D eigenvalue weighted by atomic mass is 9.99. The summed E-state index contributed by atoms with van der Waals surface area (Å²) in [7, 11) is 7.07. The van der Waals surface area contributed by atoms with Gasteiger partial charge in [0.25, 0.3) is 0 Å². The molecule has 28 heavy (non-hydrogen) atoms. The fraction of sp³-hybridized carbons (Fsp3) is 0.300. The Morgan fingerprint density at radius 3 is 1.82 bits per heavy atom. The molecule has 0 atom stereocenters. The van der Waals surface area contributed by atoms with E-state index in [-0.39, 0.29) is 28.4 Å². The number of hydrogen-bond acceptors (Lipinski definition) is 8. The van der Waals surface area contributed by atoms with Gasteiger partial charge in [-0.15, -0.1) is 0 Å². The molecule has 0 bridgehead atoms.